The summed E-state index contributed by atoms with van der Waals surface area (Å²) in [6.45, 7) is 4.76. The lowest BCUT2D eigenvalue weighted by Crippen LogP contribution is -2.24. The summed E-state index contributed by atoms with van der Waals surface area (Å²) in [5.74, 6) is 0.448. The summed E-state index contributed by atoms with van der Waals surface area (Å²) in [6.07, 6.45) is 1.54. The molecule has 0 saturated carbocycles. The first-order valence-electron chi connectivity index (χ1n) is 8.27. The molecule has 0 aliphatic rings. The second-order valence-corrected chi connectivity index (χ2v) is 6.52. The predicted octanol–water partition coefficient (Wildman–Crippen LogP) is 2.41. The SMILES string of the molecule is CC(C)COc1c[nH]c(CNC(=O)c2cccc(N(C)C)c2)cc1=O. The molecule has 0 spiro atoms. The minimum atomic E-state index is -0.196. The van der Waals surface area contributed by atoms with E-state index in [0.717, 1.165) is 5.69 Å². The number of carbonyl (C=O) groups is 1. The molecule has 0 radical (unpaired) electrons. The highest BCUT2D eigenvalue weighted by Gasteiger charge is 2.08. The summed E-state index contributed by atoms with van der Waals surface area (Å²) in [4.78, 5) is 29.2. The van der Waals surface area contributed by atoms with Gasteiger partial charge in [-0.2, -0.15) is 0 Å². The highest BCUT2D eigenvalue weighted by molar-refractivity contribution is 5.95. The summed E-state index contributed by atoms with van der Waals surface area (Å²) in [5.41, 5.74) is 1.95. The molecule has 0 unspecified atom stereocenters. The van der Waals surface area contributed by atoms with Crippen LogP contribution in [0.4, 0.5) is 5.69 Å². The molecule has 0 fully saturated rings. The largest absolute Gasteiger partial charge is 0.488 e. The number of amides is 1. The molecule has 2 N–H and O–H groups in total. The molecular weight excluding hydrogens is 318 g/mol. The maximum absolute atomic E-state index is 12.3. The van der Waals surface area contributed by atoms with Gasteiger partial charge in [-0.3, -0.25) is 9.59 Å². The van der Waals surface area contributed by atoms with Crippen LogP contribution in [0.1, 0.15) is 29.9 Å². The van der Waals surface area contributed by atoms with Crippen molar-refractivity contribution in [2.24, 2.45) is 5.92 Å². The molecule has 0 atom stereocenters. The van der Waals surface area contributed by atoms with E-state index in [2.05, 4.69) is 10.3 Å². The van der Waals surface area contributed by atoms with Crippen LogP contribution < -0.4 is 20.4 Å². The zero-order valence-electron chi connectivity index (χ0n) is 15.1. The van der Waals surface area contributed by atoms with Crippen molar-refractivity contribution >= 4 is 11.6 Å². The van der Waals surface area contributed by atoms with Gasteiger partial charge in [0.05, 0.1) is 13.2 Å². The van der Waals surface area contributed by atoms with Crippen molar-refractivity contribution in [1.82, 2.24) is 10.3 Å². The van der Waals surface area contributed by atoms with Gasteiger partial charge >= 0.3 is 0 Å². The lowest BCUT2D eigenvalue weighted by atomic mass is 10.2. The zero-order chi connectivity index (χ0) is 18.4. The van der Waals surface area contributed by atoms with Crippen molar-refractivity contribution in [2.75, 3.05) is 25.6 Å². The molecule has 1 aromatic carbocycles. The summed E-state index contributed by atoms with van der Waals surface area (Å²) in [5, 5.41) is 2.81. The minimum absolute atomic E-state index is 0.190. The number of hydrogen-bond acceptors (Lipinski definition) is 4. The van der Waals surface area contributed by atoms with Gasteiger partial charge in [-0.05, 0) is 24.1 Å². The Morgan fingerprint density at radius 1 is 1.28 bits per heavy atom. The standard InChI is InChI=1S/C19H25N3O3/c1-13(2)12-25-18-11-20-15(9-17(18)23)10-21-19(24)14-6-5-7-16(8-14)22(3)4/h5-9,11,13H,10,12H2,1-4H3,(H,20,23)(H,21,24). The van der Waals surface area contributed by atoms with Crippen molar-refractivity contribution in [2.45, 2.75) is 20.4 Å². The van der Waals surface area contributed by atoms with Crippen LogP contribution in [-0.4, -0.2) is 31.6 Å². The van der Waals surface area contributed by atoms with Crippen molar-refractivity contribution in [3.05, 3.63) is 58.0 Å². The molecule has 134 valence electrons. The third kappa shape index (κ3) is 5.38. The second kappa shape index (κ2) is 8.37. The molecule has 0 aliphatic carbocycles. The van der Waals surface area contributed by atoms with E-state index in [1.165, 1.54) is 6.07 Å². The van der Waals surface area contributed by atoms with Gasteiger partial charge in [-0.1, -0.05) is 19.9 Å². The highest BCUT2D eigenvalue weighted by Crippen LogP contribution is 2.13. The summed E-state index contributed by atoms with van der Waals surface area (Å²) < 4.78 is 5.45. The van der Waals surface area contributed by atoms with Crippen LogP contribution in [0.25, 0.3) is 0 Å². The number of carbonyl (C=O) groups excluding carboxylic acids is 1. The van der Waals surface area contributed by atoms with Gasteiger partial charge in [-0.15, -0.1) is 0 Å². The maximum Gasteiger partial charge on any atom is 0.251 e. The van der Waals surface area contributed by atoms with Gasteiger partial charge < -0.3 is 19.9 Å². The number of H-pyrrole nitrogens is 1. The average Bonchev–Trinajstić information content (AvgIpc) is 2.58. The van der Waals surface area contributed by atoms with Crippen molar-refractivity contribution in [1.29, 1.82) is 0 Å². The van der Waals surface area contributed by atoms with Crippen LogP contribution in [-0.2, 0) is 6.54 Å². The molecule has 1 amide bonds. The number of nitrogens with zero attached hydrogens (tertiary/aromatic N) is 1. The minimum Gasteiger partial charge on any atom is -0.488 e. The first-order chi connectivity index (χ1) is 11.9. The van der Waals surface area contributed by atoms with Gasteiger partial charge in [-0.25, -0.2) is 0 Å². The third-order valence-corrected chi connectivity index (χ3v) is 3.57. The molecule has 6 nitrogen and oxygen atoms in total. The lowest BCUT2D eigenvalue weighted by Gasteiger charge is -2.13. The van der Waals surface area contributed by atoms with Crippen molar-refractivity contribution in [3.8, 4) is 5.75 Å². The van der Waals surface area contributed by atoms with E-state index in [4.69, 9.17) is 4.74 Å². The number of hydrogen-bond donors (Lipinski definition) is 2. The molecule has 6 heteroatoms. The van der Waals surface area contributed by atoms with E-state index in [1.54, 1.807) is 12.3 Å². The average molecular weight is 343 g/mol. The first-order valence-corrected chi connectivity index (χ1v) is 8.27. The number of aromatic amines is 1. The molecule has 1 heterocycles. The van der Waals surface area contributed by atoms with Gasteiger partial charge in [0, 0.05) is 43.3 Å². The normalized spacial score (nSPS) is 10.6. The van der Waals surface area contributed by atoms with E-state index in [0.29, 0.717) is 29.5 Å². The smallest absolute Gasteiger partial charge is 0.251 e. The fourth-order valence-corrected chi connectivity index (χ4v) is 2.17. The van der Waals surface area contributed by atoms with E-state index >= 15 is 0 Å². The number of aromatic nitrogens is 1. The van der Waals surface area contributed by atoms with E-state index in [-0.39, 0.29) is 17.9 Å². The van der Waals surface area contributed by atoms with E-state index in [9.17, 15) is 9.59 Å². The summed E-state index contributed by atoms with van der Waals surface area (Å²) in [6, 6.07) is 8.80. The Hall–Kier alpha value is -2.76. The van der Waals surface area contributed by atoms with Gasteiger partial charge in [0.15, 0.2) is 5.75 Å². The maximum atomic E-state index is 12.3. The Kier molecular flexibility index (Phi) is 6.22. The van der Waals surface area contributed by atoms with Gasteiger partial charge in [0.2, 0.25) is 5.43 Å². The highest BCUT2D eigenvalue weighted by atomic mass is 16.5. The molecule has 2 rings (SSSR count). The Balaban J connectivity index is 1.99. The molecule has 1 aromatic heterocycles. The van der Waals surface area contributed by atoms with Crippen LogP contribution in [0.2, 0.25) is 0 Å². The van der Waals surface area contributed by atoms with Crippen LogP contribution in [0, 0.1) is 5.92 Å². The number of anilines is 1. The zero-order valence-corrected chi connectivity index (χ0v) is 15.1. The Morgan fingerprint density at radius 2 is 2.04 bits per heavy atom. The molecule has 0 aliphatic heterocycles. The fourth-order valence-electron chi connectivity index (χ4n) is 2.17. The number of nitrogens with one attached hydrogen (secondary N) is 2. The molecule has 0 bridgehead atoms. The second-order valence-electron chi connectivity index (χ2n) is 6.52. The van der Waals surface area contributed by atoms with Crippen LogP contribution in [0.3, 0.4) is 0 Å². The molecule has 2 aromatic rings. The first kappa shape index (κ1) is 18.6. The van der Waals surface area contributed by atoms with E-state index in [1.807, 2.05) is 51.0 Å². The predicted molar refractivity (Wildman–Crippen MR) is 99.3 cm³/mol. The molecular formula is C19H25N3O3. The van der Waals surface area contributed by atoms with Crippen LogP contribution >= 0.6 is 0 Å². The summed E-state index contributed by atoms with van der Waals surface area (Å²) in [7, 11) is 3.84. The molecule has 0 saturated heterocycles. The van der Waals surface area contributed by atoms with Gasteiger partial charge in [0.1, 0.15) is 0 Å². The van der Waals surface area contributed by atoms with Crippen LogP contribution in [0.5, 0.6) is 5.75 Å². The number of pyridine rings is 1. The quantitative estimate of drug-likeness (QED) is 0.810. The fraction of sp³-hybridized carbons (Fsp3) is 0.368. The Morgan fingerprint density at radius 3 is 2.68 bits per heavy atom. The number of rotatable bonds is 7. The monoisotopic (exact) mass is 343 g/mol. The van der Waals surface area contributed by atoms with Crippen molar-refractivity contribution < 1.29 is 9.53 Å². The molecule has 25 heavy (non-hydrogen) atoms. The third-order valence-electron chi connectivity index (χ3n) is 3.57. The number of benzene rings is 1. The van der Waals surface area contributed by atoms with Crippen molar-refractivity contribution in [3.63, 3.8) is 0 Å². The van der Waals surface area contributed by atoms with Gasteiger partial charge in [0.25, 0.3) is 5.91 Å². The van der Waals surface area contributed by atoms with E-state index < -0.39 is 0 Å². The Bertz CT molecular complexity index is 781. The summed E-state index contributed by atoms with van der Waals surface area (Å²) >= 11 is 0. The van der Waals surface area contributed by atoms with Crippen LogP contribution in [0.15, 0.2) is 41.3 Å². The topological polar surface area (TPSA) is 74.4 Å². The lowest BCUT2D eigenvalue weighted by molar-refractivity contribution is 0.0950. The Labute approximate surface area is 147 Å². The number of ether oxygens (including phenoxy) is 1.